The third-order valence-corrected chi connectivity index (χ3v) is 14.4. The van der Waals surface area contributed by atoms with Crippen molar-refractivity contribution in [2.75, 3.05) is 26.7 Å². The molecule has 0 bridgehead atoms. The molecule has 13 heteroatoms. The van der Waals surface area contributed by atoms with Gasteiger partial charge in [-0.2, -0.15) is 0 Å². The fraction of sp³-hybridized carbons (Fsp3) is 0.857. The van der Waals surface area contributed by atoms with Crippen LogP contribution >= 0.6 is 0 Å². The fourth-order valence-corrected chi connectivity index (χ4v) is 10.4. The molecule has 0 radical (unpaired) electrons. The van der Waals surface area contributed by atoms with Crippen LogP contribution in [0.25, 0.3) is 0 Å². The molecule has 2 aliphatic heterocycles. The van der Waals surface area contributed by atoms with E-state index in [1.165, 1.54) is 0 Å². The molecule has 5 amide bonds. The Kier molecular flexibility index (Phi) is 13.7. The highest BCUT2D eigenvalue weighted by Gasteiger charge is 2.61. The number of primary amides is 1. The van der Waals surface area contributed by atoms with Gasteiger partial charge in [-0.3, -0.25) is 24.0 Å². The van der Waals surface area contributed by atoms with Crippen LogP contribution in [0, 0.1) is 34.0 Å². The number of Topliss-reactive ketones (excluding diaryl/α,β-unsaturated/α-hetero) is 1. The van der Waals surface area contributed by atoms with Crippen molar-refractivity contribution < 1.29 is 33.5 Å². The van der Waals surface area contributed by atoms with Crippen molar-refractivity contribution in [3.63, 3.8) is 0 Å². The lowest BCUT2D eigenvalue weighted by Crippen LogP contribution is -2.62. The number of carbonyl (C=O) groups is 6. The Morgan fingerprint density at radius 2 is 1.49 bits per heavy atom. The number of piperidine rings is 1. The molecular weight excluding hydrogens is 700 g/mol. The largest absolute Gasteiger partial charge is 0.446 e. The van der Waals surface area contributed by atoms with Gasteiger partial charge in [-0.15, -0.1) is 0 Å². The van der Waals surface area contributed by atoms with Crippen molar-refractivity contribution >= 4 is 35.5 Å². The summed E-state index contributed by atoms with van der Waals surface area (Å²) in [5.74, 6) is -2.80. The molecule has 2 saturated heterocycles. The van der Waals surface area contributed by atoms with E-state index in [2.05, 4.69) is 41.6 Å². The van der Waals surface area contributed by atoms with E-state index in [4.69, 9.17) is 10.5 Å². The highest BCUT2D eigenvalue weighted by Crippen LogP contribution is 2.62. The summed E-state index contributed by atoms with van der Waals surface area (Å²) in [6, 6.07) is -3.89. The first-order valence-corrected chi connectivity index (χ1v) is 21.3. The molecule has 0 aromatic heterocycles. The predicted molar refractivity (Wildman–Crippen MR) is 209 cm³/mol. The number of likely N-dealkylation sites (tertiary alicyclic amines) is 2. The second kappa shape index (κ2) is 17.5. The van der Waals surface area contributed by atoms with E-state index in [1.54, 1.807) is 4.90 Å². The summed E-state index contributed by atoms with van der Waals surface area (Å²) >= 11 is 0. The van der Waals surface area contributed by atoms with Gasteiger partial charge in [0.05, 0.1) is 6.04 Å². The van der Waals surface area contributed by atoms with E-state index in [1.807, 2.05) is 27.8 Å². The van der Waals surface area contributed by atoms with Crippen molar-refractivity contribution in [3.05, 3.63) is 0 Å². The Bertz CT molecular complexity index is 1420. The molecule has 5 aliphatic rings. The number of hydrogen-bond acceptors (Lipinski definition) is 8. The Morgan fingerprint density at radius 1 is 0.855 bits per heavy atom. The van der Waals surface area contributed by atoms with Crippen LogP contribution in [-0.2, 0) is 28.7 Å². The summed E-state index contributed by atoms with van der Waals surface area (Å²) in [5.41, 5.74) is 4.19. The summed E-state index contributed by atoms with van der Waals surface area (Å²) in [6.07, 6.45) is 11.8. The molecule has 3 saturated carbocycles. The molecule has 0 aromatic carbocycles. The molecule has 3 aliphatic carbocycles. The van der Waals surface area contributed by atoms with Crippen molar-refractivity contribution in [2.45, 2.75) is 168 Å². The summed E-state index contributed by atoms with van der Waals surface area (Å²) in [5, 5.41) is 8.88. The van der Waals surface area contributed by atoms with Gasteiger partial charge < -0.3 is 36.2 Å². The average molecular weight is 771 g/mol. The molecule has 2 heterocycles. The molecule has 55 heavy (non-hydrogen) atoms. The van der Waals surface area contributed by atoms with E-state index in [0.29, 0.717) is 25.3 Å². The normalized spacial score (nSPS) is 26.9. The number of carbonyl (C=O) groups excluding carboxylic acids is 6. The molecule has 5 N–H and O–H groups in total. The maximum atomic E-state index is 15.1. The van der Waals surface area contributed by atoms with Crippen LogP contribution in [0.4, 0.5) is 4.79 Å². The maximum absolute atomic E-state index is 15.1. The van der Waals surface area contributed by atoms with Crippen LogP contribution in [-0.4, -0.2) is 102 Å². The second-order valence-corrected chi connectivity index (χ2v) is 19.5. The van der Waals surface area contributed by atoms with Crippen LogP contribution < -0.4 is 21.7 Å². The SMILES string of the molecule is CC(C)C1([C@]2(C)C[C@@H](C(=O)NC(CC3CCC3)C(=O)C(N)=O)N(C(=O)[C@@H](NC(=O)[C@@H](NC(=O)OC3CCN(C)CC3)C3CCCCC3)C(C)(C)C)C2)CCC1. The summed E-state index contributed by atoms with van der Waals surface area (Å²) in [7, 11) is 2.04. The number of nitrogens with two attached hydrogens (primary N) is 1. The van der Waals surface area contributed by atoms with E-state index in [9.17, 15) is 24.0 Å². The van der Waals surface area contributed by atoms with Gasteiger partial charge in [0.25, 0.3) is 5.91 Å². The number of nitrogens with one attached hydrogen (secondary N) is 3. The van der Waals surface area contributed by atoms with Gasteiger partial charge in [-0.05, 0) is 92.4 Å². The first kappa shape index (κ1) is 42.9. The van der Waals surface area contributed by atoms with E-state index in [0.717, 1.165) is 96.6 Å². The Balaban J connectivity index is 1.41. The number of alkyl carbamates (subject to hydrolysis) is 1. The van der Waals surface area contributed by atoms with E-state index >= 15 is 4.79 Å². The lowest BCUT2D eigenvalue weighted by Gasteiger charge is -2.56. The fourth-order valence-electron chi connectivity index (χ4n) is 10.4. The van der Waals surface area contributed by atoms with Gasteiger partial charge in [0.2, 0.25) is 23.5 Å². The zero-order chi connectivity index (χ0) is 40.3. The third-order valence-electron chi connectivity index (χ3n) is 14.4. The Labute approximate surface area is 328 Å². The first-order chi connectivity index (χ1) is 25.8. The molecule has 310 valence electrons. The monoisotopic (exact) mass is 771 g/mol. The second-order valence-electron chi connectivity index (χ2n) is 19.5. The molecular formula is C42H70N6O7. The molecule has 13 nitrogen and oxygen atoms in total. The quantitative estimate of drug-likeness (QED) is 0.187. The molecule has 0 aromatic rings. The number of amides is 5. The van der Waals surface area contributed by atoms with E-state index < -0.39 is 64.6 Å². The topological polar surface area (TPSA) is 180 Å². The molecule has 0 spiro atoms. The third kappa shape index (κ3) is 9.67. The van der Waals surface area contributed by atoms with Crippen LogP contribution in [0.1, 0.15) is 138 Å². The van der Waals surface area contributed by atoms with Gasteiger partial charge in [-0.25, -0.2) is 4.79 Å². The minimum atomic E-state index is -1.09. The Morgan fingerprint density at radius 3 is 2.00 bits per heavy atom. The van der Waals surface area contributed by atoms with Crippen molar-refractivity contribution in [3.8, 4) is 0 Å². The van der Waals surface area contributed by atoms with Gasteiger partial charge in [0, 0.05) is 19.6 Å². The molecule has 5 atom stereocenters. The van der Waals surface area contributed by atoms with Crippen molar-refractivity contribution in [2.24, 2.45) is 39.7 Å². The molecule has 1 unspecified atom stereocenters. The number of hydrogen-bond donors (Lipinski definition) is 4. The maximum Gasteiger partial charge on any atom is 0.408 e. The number of rotatable bonds is 14. The predicted octanol–water partition coefficient (Wildman–Crippen LogP) is 4.45. The smallest absolute Gasteiger partial charge is 0.408 e. The van der Waals surface area contributed by atoms with Crippen molar-refractivity contribution in [1.82, 2.24) is 25.8 Å². The summed E-state index contributed by atoms with van der Waals surface area (Å²) in [6.45, 7) is 14.2. The van der Waals surface area contributed by atoms with Crippen LogP contribution in [0.2, 0.25) is 0 Å². The van der Waals surface area contributed by atoms with E-state index in [-0.39, 0.29) is 29.3 Å². The summed E-state index contributed by atoms with van der Waals surface area (Å²) in [4.78, 5) is 86.2. The number of ether oxygens (including phenoxy) is 1. The van der Waals surface area contributed by atoms with Gasteiger partial charge in [0.15, 0.2) is 0 Å². The first-order valence-electron chi connectivity index (χ1n) is 21.3. The average Bonchev–Trinajstić information content (AvgIpc) is 3.44. The van der Waals surface area contributed by atoms with Crippen molar-refractivity contribution in [1.29, 1.82) is 0 Å². The molecule has 5 rings (SSSR count). The zero-order valence-electron chi connectivity index (χ0n) is 34.7. The Hall–Kier alpha value is -3.22. The number of ketones is 1. The van der Waals surface area contributed by atoms with Gasteiger partial charge >= 0.3 is 6.09 Å². The molecule has 5 fully saturated rings. The zero-order valence-corrected chi connectivity index (χ0v) is 34.7. The lowest BCUT2D eigenvalue weighted by atomic mass is 9.48. The standard InChI is InChI=1S/C42H70N6O7/c1-26(2)42(19-12-20-42)41(6)24-31(36(51)44-30(33(49)35(43)50)23-27-13-11-14-27)48(25-41)38(53)34(40(3,4)5)46-37(52)32(28-15-9-8-10-16-28)45-39(54)55-29-17-21-47(7)22-18-29/h26-32,34H,8-25H2,1-7H3,(H2,43,50)(H,44,51)(H,45,54)(H,46,52)/t30?,31-,32-,34+,41+/m0/s1. The number of nitrogens with zero attached hydrogens (tertiary/aromatic N) is 2. The van der Waals surface area contributed by atoms with Crippen LogP contribution in [0.15, 0.2) is 0 Å². The van der Waals surface area contributed by atoms with Gasteiger partial charge in [0.1, 0.15) is 24.2 Å². The van der Waals surface area contributed by atoms with Crippen LogP contribution in [0.5, 0.6) is 0 Å². The van der Waals surface area contributed by atoms with Crippen LogP contribution in [0.3, 0.4) is 0 Å². The van der Waals surface area contributed by atoms with Gasteiger partial charge in [-0.1, -0.05) is 86.5 Å². The minimum Gasteiger partial charge on any atom is -0.446 e. The summed E-state index contributed by atoms with van der Waals surface area (Å²) < 4.78 is 5.81. The highest BCUT2D eigenvalue weighted by atomic mass is 16.6. The highest BCUT2D eigenvalue weighted by molar-refractivity contribution is 6.37. The minimum absolute atomic E-state index is 0.0838. The lowest BCUT2D eigenvalue weighted by molar-refractivity contribution is -0.145.